The third kappa shape index (κ3) is 3.44. The van der Waals surface area contributed by atoms with Crippen LogP contribution in [-0.4, -0.2) is 57.3 Å². The Morgan fingerprint density at radius 3 is 2.30 bits per heavy atom. The minimum Gasteiger partial charge on any atom is -0.490 e. The second-order valence-corrected chi connectivity index (χ2v) is 5.97. The van der Waals surface area contributed by atoms with Crippen molar-refractivity contribution in [2.45, 2.75) is 18.9 Å². The van der Waals surface area contributed by atoms with E-state index in [1.807, 2.05) is 0 Å². The first-order chi connectivity index (χ1) is 9.81. The predicted octanol–water partition coefficient (Wildman–Crippen LogP) is 0.543. The molecule has 4 heteroatoms. The zero-order valence-corrected chi connectivity index (χ0v) is 12.4. The van der Waals surface area contributed by atoms with E-state index in [0.717, 1.165) is 31.9 Å². The Hall–Kier alpha value is -1.26. The maximum absolute atomic E-state index is 6.07. The van der Waals surface area contributed by atoms with E-state index in [1.165, 1.54) is 31.6 Å². The largest absolute Gasteiger partial charge is 0.490 e. The normalized spacial score (nSPS) is 21.9. The molecule has 0 atom stereocenters. The molecule has 0 spiro atoms. The standard InChI is InChI=1S/C16H25N3O/c1-18-10-12-19(13-11-18)14-2-4-15(5-3-14)20-16-6-8-17-9-7-16/h2-5,16-17H,6-13H2,1H3/p+1. The lowest BCUT2D eigenvalue weighted by Gasteiger charge is -2.34. The van der Waals surface area contributed by atoms with Gasteiger partial charge >= 0.3 is 0 Å². The maximum atomic E-state index is 6.07. The number of hydrogen-bond acceptors (Lipinski definition) is 3. The molecule has 2 heterocycles. The molecule has 2 aliphatic rings. The van der Waals surface area contributed by atoms with Crippen LogP contribution in [0, 0.1) is 0 Å². The molecule has 110 valence electrons. The minimum absolute atomic E-state index is 0.412. The van der Waals surface area contributed by atoms with Crippen molar-refractivity contribution in [3.05, 3.63) is 24.3 Å². The third-order valence-electron chi connectivity index (χ3n) is 4.39. The third-order valence-corrected chi connectivity index (χ3v) is 4.39. The molecule has 1 aromatic rings. The van der Waals surface area contributed by atoms with Gasteiger partial charge in [0.05, 0.1) is 13.1 Å². The van der Waals surface area contributed by atoms with Crippen LogP contribution in [-0.2, 0) is 0 Å². The highest BCUT2D eigenvalue weighted by Crippen LogP contribution is 2.22. The van der Waals surface area contributed by atoms with Crippen molar-refractivity contribution in [1.82, 2.24) is 4.90 Å². The van der Waals surface area contributed by atoms with Crippen molar-refractivity contribution >= 4 is 5.69 Å². The smallest absolute Gasteiger partial charge is 0.119 e. The highest BCUT2D eigenvalue weighted by Gasteiger charge is 2.17. The number of quaternary nitrogens is 1. The molecule has 3 rings (SSSR count). The monoisotopic (exact) mass is 276 g/mol. The second kappa shape index (κ2) is 6.46. The molecule has 0 amide bonds. The number of anilines is 1. The first-order valence-corrected chi connectivity index (χ1v) is 7.83. The number of hydrogen-bond donors (Lipinski definition) is 1. The van der Waals surface area contributed by atoms with Gasteiger partial charge in [-0.15, -0.1) is 0 Å². The van der Waals surface area contributed by atoms with E-state index in [0.29, 0.717) is 6.10 Å². The summed E-state index contributed by atoms with van der Waals surface area (Å²) in [6.45, 7) is 6.94. The van der Waals surface area contributed by atoms with Gasteiger partial charge in [-0.2, -0.15) is 0 Å². The first-order valence-electron chi connectivity index (χ1n) is 7.83. The number of benzene rings is 1. The summed E-state index contributed by atoms with van der Waals surface area (Å²) in [6, 6.07) is 8.67. The van der Waals surface area contributed by atoms with Crippen LogP contribution in [0.25, 0.3) is 0 Å². The Labute approximate surface area is 121 Å². The zero-order chi connectivity index (χ0) is 13.8. The van der Waals surface area contributed by atoms with Crippen LogP contribution in [0.5, 0.6) is 5.75 Å². The van der Waals surface area contributed by atoms with Crippen molar-refractivity contribution in [1.29, 1.82) is 0 Å². The van der Waals surface area contributed by atoms with Crippen molar-refractivity contribution < 1.29 is 10.1 Å². The number of piperazine rings is 1. The number of likely N-dealkylation sites (N-methyl/N-ethyl adjacent to an activating group) is 1. The molecule has 2 N–H and O–H groups in total. The molecule has 0 aromatic heterocycles. The number of nitrogens with zero attached hydrogens (tertiary/aromatic N) is 2. The Bertz CT molecular complexity index is 406. The highest BCUT2D eigenvalue weighted by molar-refractivity contribution is 5.49. The summed E-state index contributed by atoms with van der Waals surface area (Å²) >= 11 is 0. The van der Waals surface area contributed by atoms with Gasteiger partial charge in [0.25, 0.3) is 0 Å². The van der Waals surface area contributed by atoms with Crippen molar-refractivity contribution in [3.63, 3.8) is 0 Å². The van der Waals surface area contributed by atoms with E-state index in [4.69, 9.17) is 4.74 Å². The van der Waals surface area contributed by atoms with Crippen molar-refractivity contribution in [2.24, 2.45) is 0 Å². The average Bonchev–Trinajstić information content (AvgIpc) is 2.50. The Balaban J connectivity index is 1.56. The quantitative estimate of drug-likeness (QED) is 0.875. The lowest BCUT2D eigenvalue weighted by molar-refractivity contribution is -0.664. The lowest BCUT2D eigenvalue weighted by atomic mass is 10.1. The molecule has 0 saturated carbocycles. The van der Waals surface area contributed by atoms with E-state index in [2.05, 4.69) is 46.4 Å². The van der Waals surface area contributed by atoms with Gasteiger partial charge in [0, 0.05) is 44.7 Å². The van der Waals surface area contributed by atoms with Gasteiger partial charge in [-0.1, -0.05) is 0 Å². The SMILES string of the molecule is CN1CCN(c2ccc(OC3CC[NH2+]CC3)cc2)CC1. The molecule has 0 radical (unpaired) electrons. The van der Waals surface area contributed by atoms with E-state index in [-0.39, 0.29) is 0 Å². The van der Waals surface area contributed by atoms with Gasteiger partial charge in [0.1, 0.15) is 11.9 Å². The minimum atomic E-state index is 0.412. The summed E-state index contributed by atoms with van der Waals surface area (Å²) in [5.74, 6) is 1.02. The predicted molar refractivity (Wildman–Crippen MR) is 81.5 cm³/mol. The highest BCUT2D eigenvalue weighted by atomic mass is 16.5. The fourth-order valence-electron chi connectivity index (χ4n) is 3.01. The van der Waals surface area contributed by atoms with Gasteiger partial charge in [-0.25, -0.2) is 0 Å². The molecule has 0 bridgehead atoms. The molecule has 2 fully saturated rings. The van der Waals surface area contributed by atoms with Gasteiger partial charge in [0.15, 0.2) is 0 Å². The van der Waals surface area contributed by atoms with Crippen LogP contribution in [0.15, 0.2) is 24.3 Å². The molecule has 4 nitrogen and oxygen atoms in total. The Morgan fingerprint density at radius 2 is 1.65 bits per heavy atom. The van der Waals surface area contributed by atoms with Gasteiger partial charge < -0.3 is 19.9 Å². The number of piperidine rings is 1. The molecule has 1 aromatic carbocycles. The topological polar surface area (TPSA) is 32.3 Å². The van der Waals surface area contributed by atoms with Crippen LogP contribution in [0.3, 0.4) is 0 Å². The molecular weight excluding hydrogens is 250 g/mol. The number of rotatable bonds is 3. The van der Waals surface area contributed by atoms with Crippen LogP contribution in [0.1, 0.15) is 12.8 Å². The summed E-state index contributed by atoms with van der Waals surface area (Å²) in [5, 5.41) is 2.37. The van der Waals surface area contributed by atoms with Gasteiger partial charge in [0.2, 0.25) is 0 Å². The lowest BCUT2D eigenvalue weighted by Crippen LogP contribution is -2.86. The molecule has 2 saturated heterocycles. The fourth-order valence-corrected chi connectivity index (χ4v) is 3.01. The summed E-state index contributed by atoms with van der Waals surface area (Å²) < 4.78 is 6.07. The molecule has 0 aliphatic carbocycles. The van der Waals surface area contributed by atoms with Gasteiger partial charge in [-0.3, -0.25) is 0 Å². The Kier molecular flexibility index (Phi) is 4.43. The molecular formula is C16H26N3O+. The summed E-state index contributed by atoms with van der Waals surface area (Å²) in [6.07, 6.45) is 2.75. The van der Waals surface area contributed by atoms with Gasteiger partial charge in [-0.05, 0) is 31.3 Å². The van der Waals surface area contributed by atoms with E-state index >= 15 is 0 Å². The first kappa shape index (κ1) is 13.7. The van der Waals surface area contributed by atoms with Crippen LogP contribution >= 0.6 is 0 Å². The van der Waals surface area contributed by atoms with Crippen LogP contribution < -0.4 is 15.0 Å². The summed E-state index contributed by atoms with van der Waals surface area (Å²) in [5.41, 5.74) is 1.32. The van der Waals surface area contributed by atoms with Crippen molar-refractivity contribution in [2.75, 3.05) is 51.2 Å². The van der Waals surface area contributed by atoms with Crippen LogP contribution in [0.2, 0.25) is 0 Å². The summed E-state index contributed by atoms with van der Waals surface area (Å²) in [7, 11) is 2.19. The molecule has 20 heavy (non-hydrogen) atoms. The average molecular weight is 276 g/mol. The fraction of sp³-hybridized carbons (Fsp3) is 0.625. The van der Waals surface area contributed by atoms with E-state index < -0.39 is 0 Å². The zero-order valence-electron chi connectivity index (χ0n) is 12.4. The van der Waals surface area contributed by atoms with E-state index in [1.54, 1.807) is 0 Å². The van der Waals surface area contributed by atoms with E-state index in [9.17, 15) is 0 Å². The molecule has 0 unspecified atom stereocenters. The molecule has 2 aliphatic heterocycles. The summed E-state index contributed by atoms with van der Waals surface area (Å²) in [4.78, 5) is 4.84. The van der Waals surface area contributed by atoms with Crippen LogP contribution in [0.4, 0.5) is 5.69 Å². The Morgan fingerprint density at radius 1 is 1.00 bits per heavy atom. The number of nitrogens with two attached hydrogens (primary N) is 1. The van der Waals surface area contributed by atoms with Crippen molar-refractivity contribution in [3.8, 4) is 5.75 Å². The second-order valence-electron chi connectivity index (χ2n) is 5.97. The maximum Gasteiger partial charge on any atom is 0.119 e. The number of ether oxygens (including phenoxy) is 1.